The molecular weight excluding hydrogens is 342 g/mol. The van der Waals surface area contributed by atoms with E-state index in [0.29, 0.717) is 11.0 Å². The summed E-state index contributed by atoms with van der Waals surface area (Å²) in [4.78, 5) is 14.9. The van der Waals surface area contributed by atoms with E-state index in [-0.39, 0.29) is 16.7 Å². The number of nitrogens with zero attached hydrogens (tertiary/aromatic N) is 2. The Morgan fingerprint density at radius 3 is 2.90 bits per heavy atom. The molecule has 0 aliphatic carbocycles. The molecule has 0 spiro atoms. The van der Waals surface area contributed by atoms with E-state index < -0.39 is 0 Å². The largest absolute Gasteiger partial charge is 0.304 e. The van der Waals surface area contributed by atoms with Gasteiger partial charge in [-0.25, -0.2) is 4.98 Å². The van der Waals surface area contributed by atoms with Crippen molar-refractivity contribution in [2.24, 2.45) is 0 Å². The molecular formula is C13H14BrN3O2S. The number of aromatic nitrogens is 1. The third-order valence-corrected chi connectivity index (χ3v) is 4.64. The van der Waals surface area contributed by atoms with Crippen molar-refractivity contribution in [2.45, 2.75) is 26.4 Å². The van der Waals surface area contributed by atoms with E-state index in [4.69, 9.17) is 0 Å². The highest BCUT2D eigenvalue weighted by atomic mass is 79.9. The Labute approximate surface area is 129 Å². The maximum absolute atomic E-state index is 10.9. The van der Waals surface area contributed by atoms with Crippen LogP contribution in [0.5, 0.6) is 0 Å². The van der Waals surface area contributed by atoms with Gasteiger partial charge in [0.2, 0.25) is 0 Å². The van der Waals surface area contributed by atoms with Crippen LogP contribution in [0.3, 0.4) is 0 Å². The number of hydrogen-bond acceptors (Lipinski definition) is 5. The minimum absolute atomic E-state index is 0.0852. The van der Waals surface area contributed by atoms with Crippen molar-refractivity contribution >= 4 is 33.0 Å². The number of halogens is 1. The number of thiazole rings is 1. The molecule has 106 valence electrons. The second kappa shape index (κ2) is 6.43. The minimum atomic E-state index is -0.388. The van der Waals surface area contributed by atoms with Gasteiger partial charge in [0.05, 0.1) is 15.4 Å². The maximum atomic E-state index is 10.9. The highest BCUT2D eigenvalue weighted by molar-refractivity contribution is 9.10. The topological polar surface area (TPSA) is 68.1 Å². The van der Waals surface area contributed by atoms with Gasteiger partial charge in [-0.1, -0.05) is 6.07 Å². The smallest absolute Gasteiger partial charge is 0.283 e. The van der Waals surface area contributed by atoms with E-state index in [9.17, 15) is 10.1 Å². The molecule has 0 aliphatic heterocycles. The Kier molecular flexibility index (Phi) is 4.85. The molecule has 0 saturated heterocycles. The molecule has 0 radical (unpaired) electrons. The number of benzene rings is 1. The fraction of sp³-hybridized carbons (Fsp3) is 0.308. The Morgan fingerprint density at radius 2 is 2.30 bits per heavy atom. The zero-order chi connectivity index (χ0) is 14.7. The lowest BCUT2D eigenvalue weighted by molar-refractivity contribution is -0.385. The molecule has 1 aromatic heterocycles. The van der Waals surface area contributed by atoms with Gasteiger partial charge in [0.25, 0.3) is 5.69 Å². The molecule has 0 saturated carbocycles. The molecule has 0 amide bonds. The third kappa shape index (κ3) is 3.62. The monoisotopic (exact) mass is 355 g/mol. The normalized spacial score (nSPS) is 12.3. The molecule has 1 heterocycles. The van der Waals surface area contributed by atoms with Gasteiger partial charge >= 0.3 is 0 Å². The highest BCUT2D eigenvalue weighted by Crippen LogP contribution is 2.26. The van der Waals surface area contributed by atoms with Crippen LogP contribution in [0.15, 0.2) is 28.1 Å². The SMILES string of the molecule is Cc1csc(C(C)NCc2ccc(Br)c([N+](=O)[O-])c2)n1. The molecule has 2 rings (SSSR count). The van der Waals surface area contributed by atoms with Crippen LogP contribution in [-0.2, 0) is 6.54 Å². The number of rotatable bonds is 5. The van der Waals surface area contributed by atoms with Gasteiger partial charge in [0, 0.05) is 23.7 Å². The van der Waals surface area contributed by atoms with Crippen LogP contribution in [0.4, 0.5) is 5.69 Å². The number of nitro groups is 1. The van der Waals surface area contributed by atoms with Crippen LogP contribution in [0.25, 0.3) is 0 Å². The van der Waals surface area contributed by atoms with Crippen LogP contribution in [-0.4, -0.2) is 9.91 Å². The van der Waals surface area contributed by atoms with Gasteiger partial charge in [0.1, 0.15) is 5.01 Å². The molecule has 1 unspecified atom stereocenters. The summed E-state index contributed by atoms with van der Waals surface area (Å²) in [5, 5.41) is 17.2. The summed E-state index contributed by atoms with van der Waals surface area (Å²) in [6.07, 6.45) is 0. The average molecular weight is 356 g/mol. The van der Waals surface area contributed by atoms with Gasteiger partial charge < -0.3 is 5.32 Å². The van der Waals surface area contributed by atoms with E-state index in [1.165, 1.54) is 0 Å². The Hall–Kier alpha value is -1.31. The predicted molar refractivity (Wildman–Crippen MR) is 82.9 cm³/mol. The zero-order valence-corrected chi connectivity index (χ0v) is 13.5. The molecule has 0 bridgehead atoms. The average Bonchev–Trinajstić information content (AvgIpc) is 2.84. The molecule has 1 atom stereocenters. The predicted octanol–water partition coefficient (Wildman–Crippen LogP) is 3.97. The van der Waals surface area contributed by atoms with Crippen molar-refractivity contribution in [3.05, 3.63) is 54.4 Å². The van der Waals surface area contributed by atoms with Crippen LogP contribution >= 0.6 is 27.3 Å². The summed E-state index contributed by atoms with van der Waals surface area (Å²) >= 11 is 4.79. The number of aryl methyl sites for hydroxylation is 1. The van der Waals surface area contributed by atoms with Crippen LogP contribution < -0.4 is 5.32 Å². The zero-order valence-electron chi connectivity index (χ0n) is 11.1. The van der Waals surface area contributed by atoms with Crippen LogP contribution in [0.2, 0.25) is 0 Å². The minimum Gasteiger partial charge on any atom is -0.304 e. The summed E-state index contributed by atoms with van der Waals surface area (Å²) in [6, 6.07) is 5.27. The summed E-state index contributed by atoms with van der Waals surface area (Å²) in [7, 11) is 0. The van der Waals surface area contributed by atoms with E-state index in [2.05, 4.69) is 26.2 Å². The Morgan fingerprint density at radius 1 is 1.55 bits per heavy atom. The van der Waals surface area contributed by atoms with Crippen molar-refractivity contribution in [2.75, 3.05) is 0 Å². The first kappa shape index (κ1) is 15.1. The van der Waals surface area contributed by atoms with Crippen molar-refractivity contribution in [1.29, 1.82) is 0 Å². The van der Waals surface area contributed by atoms with Gasteiger partial charge in [-0.15, -0.1) is 11.3 Å². The third-order valence-electron chi connectivity index (χ3n) is 2.83. The van der Waals surface area contributed by atoms with Gasteiger partial charge in [0.15, 0.2) is 0 Å². The highest BCUT2D eigenvalue weighted by Gasteiger charge is 2.13. The standard InChI is InChI=1S/C13H14BrN3O2S/c1-8-7-20-13(16-8)9(2)15-6-10-3-4-11(14)12(5-10)17(18)19/h3-5,7,9,15H,6H2,1-2H3. The lowest BCUT2D eigenvalue weighted by atomic mass is 10.2. The second-order valence-electron chi connectivity index (χ2n) is 4.47. The van der Waals surface area contributed by atoms with E-state index in [1.807, 2.05) is 25.3 Å². The summed E-state index contributed by atoms with van der Waals surface area (Å²) in [6.45, 7) is 4.56. The molecule has 0 fully saturated rings. The van der Waals surface area contributed by atoms with Crippen molar-refractivity contribution in [3.8, 4) is 0 Å². The van der Waals surface area contributed by atoms with Crippen molar-refractivity contribution < 1.29 is 4.92 Å². The quantitative estimate of drug-likeness (QED) is 0.650. The lowest BCUT2D eigenvalue weighted by Crippen LogP contribution is -2.18. The summed E-state index contributed by atoms with van der Waals surface area (Å²) in [5.41, 5.74) is 1.97. The van der Waals surface area contributed by atoms with Crippen molar-refractivity contribution in [1.82, 2.24) is 10.3 Å². The molecule has 1 N–H and O–H groups in total. The van der Waals surface area contributed by atoms with E-state index >= 15 is 0 Å². The Balaban J connectivity index is 2.04. The molecule has 0 aliphatic rings. The molecule has 1 aromatic carbocycles. The molecule has 2 aromatic rings. The fourth-order valence-corrected chi connectivity index (χ4v) is 2.96. The van der Waals surface area contributed by atoms with Gasteiger partial charge in [-0.2, -0.15) is 0 Å². The van der Waals surface area contributed by atoms with Crippen LogP contribution in [0, 0.1) is 17.0 Å². The summed E-state index contributed by atoms with van der Waals surface area (Å²) in [5.74, 6) is 0. The van der Waals surface area contributed by atoms with E-state index in [0.717, 1.165) is 16.3 Å². The lowest BCUT2D eigenvalue weighted by Gasteiger charge is -2.11. The van der Waals surface area contributed by atoms with Crippen molar-refractivity contribution in [3.63, 3.8) is 0 Å². The van der Waals surface area contributed by atoms with Gasteiger partial charge in [-0.3, -0.25) is 10.1 Å². The fourth-order valence-electron chi connectivity index (χ4n) is 1.74. The summed E-state index contributed by atoms with van der Waals surface area (Å²) < 4.78 is 0.495. The van der Waals surface area contributed by atoms with E-state index in [1.54, 1.807) is 23.5 Å². The second-order valence-corrected chi connectivity index (χ2v) is 6.22. The number of nitro benzene ring substituents is 1. The number of hydrogen-bond donors (Lipinski definition) is 1. The Bertz CT molecular complexity index is 630. The maximum Gasteiger partial charge on any atom is 0.283 e. The first-order valence-electron chi connectivity index (χ1n) is 6.05. The first-order chi connectivity index (χ1) is 9.47. The van der Waals surface area contributed by atoms with Crippen LogP contribution in [0.1, 0.15) is 29.2 Å². The molecule has 7 heteroatoms. The van der Waals surface area contributed by atoms with Gasteiger partial charge in [-0.05, 0) is 41.4 Å². The molecule has 5 nitrogen and oxygen atoms in total. The first-order valence-corrected chi connectivity index (χ1v) is 7.73. The molecule has 20 heavy (non-hydrogen) atoms. The number of nitrogens with one attached hydrogen (secondary N) is 1.